The molecule has 0 aliphatic carbocycles. The number of ether oxygens (including phenoxy) is 1. The van der Waals surface area contributed by atoms with Crippen LogP contribution in [-0.2, 0) is 24.9 Å². The van der Waals surface area contributed by atoms with Gasteiger partial charge in [0.05, 0.1) is 19.9 Å². The van der Waals surface area contributed by atoms with E-state index in [1.54, 1.807) is 23.0 Å². The Morgan fingerprint density at radius 1 is 1.50 bits per heavy atom. The maximum atomic E-state index is 11.2. The largest absolute Gasteiger partial charge is 0.463 e. The van der Waals surface area contributed by atoms with Crippen molar-refractivity contribution < 1.29 is 13.9 Å². The van der Waals surface area contributed by atoms with E-state index in [0.717, 1.165) is 5.56 Å². The lowest BCUT2D eigenvalue weighted by molar-refractivity contribution is 0.0563. The van der Waals surface area contributed by atoms with Gasteiger partial charge < -0.3 is 14.5 Å². The summed E-state index contributed by atoms with van der Waals surface area (Å²) in [5.41, 5.74) is 1.09. The van der Waals surface area contributed by atoms with Crippen molar-refractivity contribution >= 4 is 5.97 Å². The lowest BCUT2D eigenvalue weighted by Crippen LogP contribution is -2.11. The Balaban J connectivity index is 1.83. The first-order valence-electron chi connectivity index (χ1n) is 5.54. The number of furan rings is 1. The van der Waals surface area contributed by atoms with Gasteiger partial charge in [-0.25, -0.2) is 4.79 Å². The van der Waals surface area contributed by atoms with Gasteiger partial charge in [-0.15, -0.1) is 0 Å². The number of carbonyl (C=O) groups is 1. The molecule has 96 valence electrons. The third-order valence-corrected chi connectivity index (χ3v) is 2.43. The highest BCUT2D eigenvalue weighted by Crippen LogP contribution is 2.09. The van der Waals surface area contributed by atoms with E-state index < -0.39 is 5.97 Å². The predicted molar refractivity (Wildman–Crippen MR) is 63.8 cm³/mol. The molecule has 0 atom stereocenters. The zero-order chi connectivity index (χ0) is 13.0. The van der Waals surface area contributed by atoms with Crippen molar-refractivity contribution in [2.24, 2.45) is 7.05 Å². The SMILES string of the molecule is COC(=O)c1ccc(CNCc2cnn(C)c2)o1. The Bertz CT molecular complexity index is 530. The van der Waals surface area contributed by atoms with Crippen LogP contribution in [0, 0.1) is 0 Å². The van der Waals surface area contributed by atoms with E-state index >= 15 is 0 Å². The van der Waals surface area contributed by atoms with Crippen LogP contribution >= 0.6 is 0 Å². The molecule has 2 aromatic rings. The molecule has 0 amide bonds. The minimum Gasteiger partial charge on any atom is -0.463 e. The second-order valence-corrected chi connectivity index (χ2v) is 3.88. The van der Waals surface area contributed by atoms with Crippen LogP contribution in [-0.4, -0.2) is 22.9 Å². The molecule has 0 fully saturated rings. The molecule has 0 aromatic carbocycles. The summed E-state index contributed by atoms with van der Waals surface area (Å²) in [7, 11) is 3.20. The second kappa shape index (κ2) is 5.50. The van der Waals surface area contributed by atoms with Gasteiger partial charge in [0.25, 0.3) is 0 Å². The molecule has 2 aromatic heterocycles. The number of rotatable bonds is 5. The lowest BCUT2D eigenvalue weighted by atomic mass is 10.3. The Kier molecular flexibility index (Phi) is 3.78. The van der Waals surface area contributed by atoms with Gasteiger partial charge >= 0.3 is 5.97 Å². The molecule has 0 spiro atoms. The van der Waals surface area contributed by atoms with Crippen molar-refractivity contribution in [1.29, 1.82) is 0 Å². The van der Waals surface area contributed by atoms with E-state index in [0.29, 0.717) is 18.8 Å². The van der Waals surface area contributed by atoms with Crippen molar-refractivity contribution in [2.45, 2.75) is 13.1 Å². The first-order chi connectivity index (χ1) is 8.69. The van der Waals surface area contributed by atoms with Gasteiger partial charge in [0.1, 0.15) is 5.76 Å². The normalized spacial score (nSPS) is 10.6. The third-order valence-electron chi connectivity index (χ3n) is 2.43. The maximum Gasteiger partial charge on any atom is 0.373 e. The average molecular weight is 249 g/mol. The number of nitrogens with one attached hydrogen (secondary N) is 1. The monoisotopic (exact) mass is 249 g/mol. The topological polar surface area (TPSA) is 69.3 Å². The molecule has 6 nitrogen and oxygen atoms in total. The van der Waals surface area contributed by atoms with Crippen LogP contribution < -0.4 is 5.32 Å². The van der Waals surface area contributed by atoms with E-state index in [2.05, 4.69) is 15.2 Å². The fourth-order valence-electron chi connectivity index (χ4n) is 1.58. The number of hydrogen-bond donors (Lipinski definition) is 1. The van der Waals surface area contributed by atoms with Gasteiger partial charge in [-0.3, -0.25) is 4.68 Å². The van der Waals surface area contributed by atoms with Crippen LogP contribution in [0.2, 0.25) is 0 Å². The van der Waals surface area contributed by atoms with Gasteiger partial charge in [-0.05, 0) is 12.1 Å². The van der Waals surface area contributed by atoms with E-state index in [9.17, 15) is 4.79 Å². The Morgan fingerprint density at radius 2 is 2.33 bits per heavy atom. The van der Waals surface area contributed by atoms with Crippen molar-refractivity contribution in [3.05, 3.63) is 41.6 Å². The van der Waals surface area contributed by atoms with Crippen LogP contribution in [0.5, 0.6) is 0 Å². The number of esters is 1. The summed E-state index contributed by atoms with van der Waals surface area (Å²) in [5, 5.41) is 7.28. The molecule has 0 radical (unpaired) electrons. The number of carbonyl (C=O) groups excluding carboxylic acids is 1. The molecule has 18 heavy (non-hydrogen) atoms. The van der Waals surface area contributed by atoms with Gasteiger partial charge in [-0.1, -0.05) is 0 Å². The fourth-order valence-corrected chi connectivity index (χ4v) is 1.58. The summed E-state index contributed by atoms with van der Waals surface area (Å²) in [6.45, 7) is 1.24. The van der Waals surface area contributed by atoms with Gasteiger partial charge in [0.15, 0.2) is 0 Å². The number of nitrogens with zero attached hydrogens (tertiary/aromatic N) is 2. The molecule has 0 unspecified atom stereocenters. The lowest BCUT2D eigenvalue weighted by Gasteiger charge is -1.99. The minimum atomic E-state index is -0.464. The maximum absolute atomic E-state index is 11.2. The van der Waals surface area contributed by atoms with Crippen LogP contribution in [0.15, 0.2) is 28.9 Å². The zero-order valence-corrected chi connectivity index (χ0v) is 10.3. The molecule has 0 saturated heterocycles. The predicted octanol–water partition coefficient (Wildman–Crippen LogP) is 1.09. The Labute approximate surface area is 105 Å². The number of aryl methyl sites for hydroxylation is 1. The molecule has 1 N–H and O–H groups in total. The van der Waals surface area contributed by atoms with Gasteiger partial charge in [0.2, 0.25) is 5.76 Å². The number of hydrogen-bond acceptors (Lipinski definition) is 5. The minimum absolute atomic E-state index is 0.218. The summed E-state index contributed by atoms with van der Waals surface area (Å²) in [6, 6.07) is 3.36. The van der Waals surface area contributed by atoms with Crippen molar-refractivity contribution in [3.63, 3.8) is 0 Å². The second-order valence-electron chi connectivity index (χ2n) is 3.88. The molecular formula is C12H15N3O3. The average Bonchev–Trinajstić information content (AvgIpc) is 2.98. The molecular weight excluding hydrogens is 234 g/mol. The van der Waals surface area contributed by atoms with Crippen LogP contribution in [0.25, 0.3) is 0 Å². The van der Waals surface area contributed by atoms with E-state index in [1.807, 2.05) is 13.2 Å². The van der Waals surface area contributed by atoms with Gasteiger partial charge in [0, 0.05) is 25.4 Å². The fraction of sp³-hybridized carbons (Fsp3) is 0.333. The first-order valence-corrected chi connectivity index (χ1v) is 5.54. The van der Waals surface area contributed by atoms with Crippen LogP contribution in [0.4, 0.5) is 0 Å². The number of methoxy groups -OCH3 is 1. The zero-order valence-electron chi connectivity index (χ0n) is 10.3. The highest BCUT2D eigenvalue weighted by molar-refractivity contribution is 5.86. The summed E-state index contributed by atoms with van der Waals surface area (Å²) >= 11 is 0. The molecule has 0 aliphatic rings. The molecule has 2 rings (SSSR count). The van der Waals surface area contributed by atoms with E-state index in [4.69, 9.17) is 4.42 Å². The summed E-state index contributed by atoms with van der Waals surface area (Å²) in [6.07, 6.45) is 3.74. The van der Waals surface area contributed by atoms with E-state index in [-0.39, 0.29) is 5.76 Å². The first kappa shape index (κ1) is 12.4. The Hall–Kier alpha value is -2.08. The molecule has 0 saturated carbocycles. The Morgan fingerprint density at radius 3 is 3.00 bits per heavy atom. The summed E-state index contributed by atoms with van der Waals surface area (Å²) in [5.74, 6) is 0.448. The summed E-state index contributed by atoms with van der Waals surface area (Å²) < 4.78 is 11.6. The molecule has 0 bridgehead atoms. The number of aromatic nitrogens is 2. The molecule has 0 aliphatic heterocycles. The van der Waals surface area contributed by atoms with Crippen LogP contribution in [0.1, 0.15) is 21.9 Å². The van der Waals surface area contributed by atoms with Crippen molar-refractivity contribution in [2.75, 3.05) is 7.11 Å². The third kappa shape index (κ3) is 2.98. The highest BCUT2D eigenvalue weighted by Gasteiger charge is 2.10. The van der Waals surface area contributed by atoms with Gasteiger partial charge in [-0.2, -0.15) is 5.10 Å². The summed E-state index contributed by atoms with van der Waals surface area (Å²) in [4.78, 5) is 11.2. The van der Waals surface area contributed by atoms with Crippen molar-refractivity contribution in [3.8, 4) is 0 Å². The smallest absolute Gasteiger partial charge is 0.373 e. The quantitative estimate of drug-likeness (QED) is 0.803. The molecule has 6 heteroatoms. The molecule has 2 heterocycles. The van der Waals surface area contributed by atoms with Crippen molar-refractivity contribution in [1.82, 2.24) is 15.1 Å². The van der Waals surface area contributed by atoms with E-state index in [1.165, 1.54) is 7.11 Å². The standard InChI is InChI=1S/C12H15N3O3/c1-15-8-9(6-14-15)5-13-7-10-3-4-11(18-10)12(16)17-2/h3-4,6,8,13H,5,7H2,1-2H3. The highest BCUT2D eigenvalue weighted by atomic mass is 16.5. The van der Waals surface area contributed by atoms with Crippen LogP contribution in [0.3, 0.4) is 0 Å².